The van der Waals surface area contributed by atoms with Crippen LogP contribution >= 0.6 is 0 Å². The summed E-state index contributed by atoms with van der Waals surface area (Å²) in [5.74, 6) is 1.96. The summed E-state index contributed by atoms with van der Waals surface area (Å²) in [4.78, 5) is 2.92. The molecule has 2 aliphatic carbocycles. The standard InChI is InChI=1S/C19H36N2/c1-3-19(2)15-21(14-16-9-7-8-10-16)18(13-20-19)17-11-5-4-6-12-17/h16-18,20H,3-15H2,1-2H3. The van der Waals surface area contributed by atoms with Gasteiger partial charge in [-0.1, -0.05) is 39.0 Å². The van der Waals surface area contributed by atoms with Crippen LogP contribution in [0.3, 0.4) is 0 Å². The molecule has 0 aromatic carbocycles. The van der Waals surface area contributed by atoms with E-state index >= 15 is 0 Å². The van der Waals surface area contributed by atoms with Crippen LogP contribution in [0.15, 0.2) is 0 Å². The zero-order valence-corrected chi connectivity index (χ0v) is 14.4. The van der Waals surface area contributed by atoms with E-state index in [1.54, 1.807) is 0 Å². The third-order valence-electron chi connectivity index (χ3n) is 6.70. The van der Waals surface area contributed by atoms with E-state index in [-0.39, 0.29) is 0 Å². The van der Waals surface area contributed by atoms with Crippen LogP contribution in [0.4, 0.5) is 0 Å². The van der Waals surface area contributed by atoms with E-state index < -0.39 is 0 Å². The summed E-state index contributed by atoms with van der Waals surface area (Å²) in [5, 5.41) is 3.91. The van der Waals surface area contributed by atoms with Gasteiger partial charge >= 0.3 is 0 Å². The molecule has 3 fully saturated rings. The quantitative estimate of drug-likeness (QED) is 0.835. The van der Waals surface area contributed by atoms with Gasteiger partial charge < -0.3 is 5.32 Å². The average molecular weight is 293 g/mol. The second-order valence-corrected chi connectivity index (χ2v) is 8.34. The highest BCUT2D eigenvalue weighted by Gasteiger charge is 2.39. The van der Waals surface area contributed by atoms with Gasteiger partial charge in [0.05, 0.1) is 0 Å². The molecule has 122 valence electrons. The number of nitrogens with one attached hydrogen (secondary N) is 1. The molecule has 3 aliphatic rings. The van der Waals surface area contributed by atoms with E-state index in [1.807, 2.05) is 0 Å². The molecule has 0 amide bonds. The Kier molecular flexibility index (Phi) is 5.27. The highest BCUT2D eigenvalue weighted by Crippen LogP contribution is 2.34. The summed E-state index contributed by atoms with van der Waals surface area (Å²) in [6.45, 7) is 8.69. The van der Waals surface area contributed by atoms with Crippen molar-refractivity contribution in [3.8, 4) is 0 Å². The fourth-order valence-electron chi connectivity index (χ4n) is 5.05. The molecular formula is C19H36N2. The molecule has 0 spiro atoms. The van der Waals surface area contributed by atoms with Crippen molar-refractivity contribution >= 4 is 0 Å². The van der Waals surface area contributed by atoms with E-state index in [9.17, 15) is 0 Å². The molecule has 0 radical (unpaired) electrons. The van der Waals surface area contributed by atoms with Gasteiger partial charge in [-0.3, -0.25) is 4.90 Å². The van der Waals surface area contributed by atoms with E-state index in [1.165, 1.54) is 83.8 Å². The first-order valence-corrected chi connectivity index (χ1v) is 9.69. The van der Waals surface area contributed by atoms with Gasteiger partial charge in [-0.25, -0.2) is 0 Å². The molecule has 0 aromatic heterocycles. The van der Waals surface area contributed by atoms with Crippen LogP contribution in [-0.4, -0.2) is 36.1 Å². The summed E-state index contributed by atoms with van der Waals surface area (Å²) in [5.41, 5.74) is 0.351. The van der Waals surface area contributed by atoms with E-state index in [4.69, 9.17) is 0 Å². The SMILES string of the molecule is CCC1(C)CN(CC2CCCC2)C(C2CCCCC2)CN1. The summed E-state index contributed by atoms with van der Waals surface area (Å²) >= 11 is 0. The second-order valence-electron chi connectivity index (χ2n) is 8.34. The molecule has 2 heteroatoms. The van der Waals surface area contributed by atoms with Crippen LogP contribution in [0, 0.1) is 11.8 Å². The maximum Gasteiger partial charge on any atom is 0.0278 e. The van der Waals surface area contributed by atoms with E-state index in [2.05, 4.69) is 24.1 Å². The molecule has 1 heterocycles. The third-order valence-corrected chi connectivity index (χ3v) is 6.70. The summed E-state index contributed by atoms with van der Waals surface area (Å²) in [7, 11) is 0. The zero-order chi connectivity index (χ0) is 14.7. The normalized spacial score (nSPS) is 37.1. The van der Waals surface area contributed by atoms with Crippen molar-refractivity contribution in [2.75, 3.05) is 19.6 Å². The fraction of sp³-hybridized carbons (Fsp3) is 1.00. The highest BCUT2D eigenvalue weighted by molar-refractivity contribution is 4.97. The lowest BCUT2D eigenvalue weighted by Gasteiger charge is -2.50. The first-order valence-electron chi connectivity index (χ1n) is 9.69. The molecule has 2 unspecified atom stereocenters. The Morgan fingerprint density at radius 1 is 1.00 bits per heavy atom. The zero-order valence-electron chi connectivity index (χ0n) is 14.4. The van der Waals surface area contributed by atoms with Crippen molar-refractivity contribution in [2.45, 2.75) is 89.6 Å². The lowest BCUT2D eigenvalue weighted by atomic mass is 9.80. The topological polar surface area (TPSA) is 15.3 Å². The number of hydrogen-bond acceptors (Lipinski definition) is 2. The molecule has 0 bridgehead atoms. The van der Waals surface area contributed by atoms with Crippen molar-refractivity contribution in [2.24, 2.45) is 11.8 Å². The molecule has 1 saturated heterocycles. The Hall–Kier alpha value is -0.0800. The van der Waals surface area contributed by atoms with Gasteiger partial charge in [0.15, 0.2) is 0 Å². The minimum absolute atomic E-state index is 0.351. The molecule has 21 heavy (non-hydrogen) atoms. The van der Waals surface area contributed by atoms with Gasteiger partial charge in [0.25, 0.3) is 0 Å². The molecule has 3 rings (SSSR count). The minimum Gasteiger partial charge on any atom is -0.309 e. The Morgan fingerprint density at radius 3 is 2.33 bits per heavy atom. The summed E-state index contributed by atoms with van der Waals surface area (Å²) in [6.07, 6.45) is 14.6. The van der Waals surface area contributed by atoms with Gasteiger partial charge in [0, 0.05) is 31.2 Å². The number of piperazine rings is 1. The fourth-order valence-corrected chi connectivity index (χ4v) is 5.05. The lowest BCUT2D eigenvalue weighted by Crippen LogP contribution is -2.65. The van der Waals surface area contributed by atoms with Crippen molar-refractivity contribution in [1.82, 2.24) is 10.2 Å². The van der Waals surface area contributed by atoms with Crippen LogP contribution in [0.25, 0.3) is 0 Å². The van der Waals surface area contributed by atoms with E-state index in [0.29, 0.717) is 5.54 Å². The maximum atomic E-state index is 3.91. The van der Waals surface area contributed by atoms with Crippen LogP contribution < -0.4 is 5.32 Å². The smallest absolute Gasteiger partial charge is 0.0278 e. The molecule has 0 aromatic rings. The van der Waals surface area contributed by atoms with Crippen LogP contribution in [0.1, 0.15) is 78.1 Å². The molecule has 2 nitrogen and oxygen atoms in total. The predicted octanol–water partition coefficient (Wildman–Crippen LogP) is 4.20. The lowest BCUT2D eigenvalue weighted by molar-refractivity contribution is 0.0297. The van der Waals surface area contributed by atoms with Crippen molar-refractivity contribution in [3.05, 3.63) is 0 Å². The summed E-state index contributed by atoms with van der Waals surface area (Å²) in [6, 6.07) is 0.825. The highest BCUT2D eigenvalue weighted by atomic mass is 15.3. The third kappa shape index (κ3) is 3.82. The maximum absolute atomic E-state index is 3.91. The Bertz CT molecular complexity index is 318. The number of rotatable bonds is 4. The molecule has 2 atom stereocenters. The number of hydrogen-bond donors (Lipinski definition) is 1. The average Bonchev–Trinajstić information content (AvgIpc) is 3.01. The van der Waals surface area contributed by atoms with Gasteiger partial charge in [-0.2, -0.15) is 0 Å². The largest absolute Gasteiger partial charge is 0.309 e. The monoisotopic (exact) mass is 292 g/mol. The van der Waals surface area contributed by atoms with Crippen molar-refractivity contribution in [3.63, 3.8) is 0 Å². The predicted molar refractivity (Wildman–Crippen MR) is 90.6 cm³/mol. The first-order chi connectivity index (χ1) is 10.2. The second kappa shape index (κ2) is 7.00. The van der Waals surface area contributed by atoms with Crippen molar-refractivity contribution < 1.29 is 0 Å². The number of nitrogens with zero attached hydrogens (tertiary/aromatic N) is 1. The van der Waals surface area contributed by atoms with Gasteiger partial charge in [0.1, 0.15) is 0 Å². The Morgan fingerprint density at radius 2 is 1.67 bits per heavy atom. The van der Waals surface area contributed by atoms with Gasteiger partial charge in [-0.05, 0) is 50.9 Å². The van der Waals surface area contributed by atoms with Crippen LogP contribution in [-0.2, 0) is 0 Å². The minimum atomic E-state index is 0.351. The molecule has 1 N–H and O–H groups in total. The Balaban J connectivity index is 1.66. The van der Waals surface area contributed by atoms with Crippen molar-refractivity contribution in [1.29, 1.82) is 0 Å². The summed E-state index contributed by atoms with van der Waals surface area (Å²) < 4.78 is 0. The molecule has 1 aliphatic heterocycles. The van der Waals surface area contributed by atoms with E-state index in [0.717, 1.165) is 17.9 Å². The van der Waals surface area contributed by atoms with Gasteiger partial charge in [0.2, 0.25) is 0 Å². The van der Waals surface area contributed by atoms with Gasteiger partial charge in [-0.15, -0.1) is 0 Å². The first kappa shape index (κ1) is 15.8. The molecular weight excluding hydrogens is 256 g/mol. The Labute approximate surface area is 132 Å². The van der Waals surface area contributed by atoms with Crippen LogP contribution in [0.5, 0.6) is 0 Å². The van der Waals surface area contributed by atoms with Crippen LogP contribution in [0.2, 0.25) is 0 Å². The molecule has 2 saturated carbocycles.